The summed E-state index contributed by atoms with van der Waals surface area (Å²) >= 11 is 9.42. The molecule has 3 aromatic rings. The molecule has 0 atom stereocenters. The van der Waals surface area contributed by atoms with E-state index in [1.54, 1.807) is 42.5 Å². The van der Waals surface area contributed by atoms with Crippen LogP contribution in [0.4, 0.5) is 5.69 Å². The van der Waals surface area contributed by atoms with Crippen LogP contribution in [0.5, 0.6) is 5.75 Å². The van der Waals surface area contributed by atoms with Crippen LogP contribution < -0.4 is 15.5 Å². The fourth-order valence-corrected chi connectivity index (χ4v) is 3.04. The summed E-state index contributed by atoms with van der Waals surface area (Å²) in [4.78, 5) is 24.4. The second kappa shape index (κ2) is 10.6. The quantitative estimate of drug-likeness (QED) is 0.216. The van der Waals surface area contributed by atoms with Crippen LogP contribution in [0.25, 0.3) is 0 Å². The molecule has 3 aromatic carbocycles. The maximum Gasteiger partial charge on any atom is 0.345 e. The number of carbonyl (C=O) groups is 2. The van der Waals surface area contributed by atoms with Gasteiger partial charge in [-0.25, -0.2) is 10.2 Å². The molecule has 0 spiro atoms. The molecule has 0 saturated heterocycles. The second-order valence-electron chi connectivity index (χ2n) is 6.06. The summed E-state index contributed by atoms with van der Waals surface area (Å²) in [6.07, 6.45) is 1.40. The number of ether oxygens (including phenoxy) is 1. The summed E-state index contributed by atoms with van der Waals surface area (Å²) in [5.74, 6) is -0.628. The van der Waals surface area contributed by atoms with E-state index >= 15 is 0 Å². The molecule has 0 saturated carbocycles. The van der Waals surface area contributed by atoms with Gasteiger partial charge in [0.1, 0.15) is 5.75 Å². The molecular weight excluding hydrogens is 470 g/mol. The van der Waals surface area contributed by atoms with Crippen LogP contribution in [0.15, 0.2) is 82.4 Å². The minimum atomic E-state index is -0.589. The van der Waals surface area contributed by atoms with Gasteiger partial charge >= 0.3 is 5.97 Å². The number of hydrogen-bond acceptors (Lipinski definition) is 5. The predicted octanol–water partition coefficient (Wildman–Crippen LogP) is 4.88. The molecule has 0 unspecified atom stereocenters. The number of nitrogens with one attached hydrogen (secondary N) is 2. The Hall–Kier alpha value is -3.16. The van der Waals surface area contributed by atoms with Crippen molar-refractivity contribution in [2.45, 2.75) is 0 Å². The van der Waals surface area contributed by atoms with Crippen molar-refractivity contribution in [3.8, 4) is 5.75 Å². The lowest BCUT2D eigenvalue weighted by Crippen LogP contribution is -2.25. The number of nitrogens with zero attached hydrogens (tertiary/aromatic N) is 1. The minimum absolute atomic E-state index is 0.0637. The molecule has 0 fully saturated rings. The van der Waals surface area contributed by atoms with Gasteiger partial charge in [0.2, 0.25) is 0 Å². The van der Waals surface area contributed by atoms with Gasteiger partial charge in [0.25, 0.3) is 5.91 Å². The van der Waals surface area contributed by atoms with Gasteiger partial charge in [-0.3, -0.25) is 4.79 Å². The smallest absolute Gasteiger partial charge is 0.345 e. The van der Waals surface area contributed by atoms with Gasteiger partial charge in [-0.2, -0.15) is 5.10 Å². The first kappa shape index (κ1) is 21.5. The van der Waals surface area contributed by atoms with Crippen LogP contribution in [0, 0.1) is 0 Å². The minimum Gasteiger partial charge on any atom is -0.422 e. The molecule has 0 aliphatic heterocycles. The Morgan fingerprint density at radius 2 is 1.77 bits per heavy atom. The Kier molecular flexibility index (Phi) is 7.59. The van der Waals surface area contributed by atoms with Gasteiger partial charge in [-0.1, -0.05) is 57.9 Å². The van der Waals surface area contributed by atoms with Gasteiger partial charge in [0, 0.05) is 15.7 Å². The highest BCUT2D eigenvalue weighted by Gasteiger charge is 2.14. The first-order chi connectivity index (χ1) is 14.5. The molecule has 0 radical (unpaired) electrons. The van der Waals surface area contributed by atoms with Gasteiger partial charge in [0.15, 0.2) is 0 Å². The van der Waals surface area contributed by atoms with E-state index in [2.05, 4.69) is 31.8 Å². The standard InChI is InChI=1S/C22H17BrClN3O3/c23-16-10-11-20(30-22(29)18-8-4-5-9-19(18)24)15(12-16)13-26-27-21(28)14-25-17-6-2-1-3-7-17/h1-13,25H,14H2,(H,27,28). The van der Waals surface area contributed by atoms with Crippen molar-refractivity contribution in [2.75, 3.05) is 11.9 Å². The first-order valence-electron chi connectivity index (χ1n) is 8.90. The van der Waals surface area contributed by atoms with Crippen molar-refractivity contribution in [3.63, 3.8) is 0 Å². The van der Waals surface area contributed by atoms with E-state index in [4.69, 9.17) is 16.3 Å². The van der Waals surface area contributed by atoms with Crippen molar-refractivity contribution >= 4 is 51.3 Å². The van der Waals surface area contributed by atoms with E-state index in [9.17, 15) is 9.59 Å². The van der Waals surface area contributed by atoms with Crippen molar-refractivity contribution in [1.29, 1.82) is 0 Å². The highest BCUT2D eigenvalue weighted by molar-refractivity contribution is 9.10. The summed E-state index contributed by atoms with van der Waals surface area (Å²) in [7, 11) is 0. The third kappa shape index (κ3) is 6.17. The number of amides is 1. The molecule has 6 nitrogen and oxygen atoms in total. The number of carbonyl (C=O) groups excluding carboxylic acids is 2. The summed E-state index contributed by atoms with van der Waals surface area (Å²) in [5, 5.41) is 7.24. The fourth-order valence-electron chi connectivity index (χ4n) is 2.45. The lowest BCUT2D eigenvalue weighted by molar-refractivity contribution is -0.119. The molecule has 3 rings (SSSR count). The third-order valence-corrected chi connectivity index (χ3v) is 4.71. The molecule has 152 valence electrons. The second-order valence-corrected chi connectivity index (χ2v) is 7.39. The van der Waals surface area contributed by atoms with Crippen molar-refractivity contribution in [2.24, 2.45) is 5.10 Å². The van der Waals surface area contributed by atoms with Crippen LogP contribution in [-0.4, -0.2) is 24.6 Å². The van der Waals surface area contributed by atoms with Crippen molar-refractivity contribution in [1.82, 2.24) is 5.43 Å². The van der Waals surface area contributed by atoms with Crippen LogP contribution in [-0.2, 0) is 4.79 Å². The van der Waals surface area contributed by atoms with Crippen LogP contribution in [0.2, 0.25) is 5.02 Å². The lowest BCUT2D eigenvalue weighted by Gasteiger charge is -2.09. The summed E-state index contributed by atoms with van der Waals surface area (Å²) in [6.45, 7) is 0.0637. The highest BCUT2D eigenvalue weighted by Crippen LogP contribution is 2.24. The Morgan fingerprint density at radius 1 is 1.03 bits per heavy atom. The molecule has 0 aromatic heterocycles. The number of esters is 1. The fraction of sp³-hybridized carbons (Fsp3) is 0.0455. The van der Waals surface area contributed by atoms with Gasteiger partial charge in [-0.15, -0.1) is 0 Å². The molecule has 0 bridgehead atoms. The molecule has 8 heteroatoms. The monoisotopic (exact) mass is 485 g/mol. The normalized spacial score (nSPS) is 10.6. The molecule has 2 N–H and O–H groups in total. The van der Waals surface area contributed by atoms with Gasteiger partial charge in [-0.05, 0) is 42.5 Å². The number of rotatable bonds is 7. The summed E-state index contributed by atoms with van der Waals surface area (Å²) in [5.41, 5.74) is 4.02. The molecular formula is C22H17BrClN3O3. The largest absolute Gasteiger partial charge is 0.422 e. The molecule has 30 heavy (non-hydrogen) atoms. The maximum atomic E-state index is 12.4. The van der Waals surface area contributed by atoms with E-state index in [0.717, 1.165) is 10.2 Å². The van der Waals surface area contributed by atoms with Crippen molar-refractivity contribution in [3.05, 3.63) is 93.4 Å². The Labute approximate surface area is 187 Å². The number of para-hydroxylation sites is 1. The van der Waals surface area contributed by atoms with Crippen molar-refractivity contribution < 1.29 is 14.3 Å². The number of hydrazone groups is 1. The first-order valence-corrected chi connectivity index (χ1v) is 10.1. The Balaban J connectivity index is 1.64. The van der Waals surface area contributed by atoms with E-state index in [0.29, 0.717) is 10.6 Å². The number of anilines is 1. The number of halogens is 2. The Morgan fingerprint density at radius 3 is 2.53 bits per heavy atom. The van der Waals surface area contributed by atoms with Crippen LogP contribution in [0.1, 0.15) is 15.9 Å². The van der Waals surface area contributed by atoms with E-state index in [1.807, 2.05) is 30.3 Å². The number of benzene rings is 3. The average Bonchev–Trinajstić information content (AvgIpc) is 2.75. The zero-order valence-electron chi connectivity index (χ0n) is 15.6. The molecule has 1 amide bonds. The Bertz CT molecular complexity index is 1070. The van der Waals surface area contributed by atoms with E-state index in [1.165, 1.54) is 6.21 Å². The topological polar surface area (TPSA) is 79.8 Å². The van der Waals surface area contributed by atoms with Gasteiger partial charge < -0.3 is 10.1 Å². The summed E-state index contributed by atoms with van der Waals surface area (Å²) in [6, 6.07) is 21.0. The zero-order valence-corrected chi connectivity index (χ0v) is 18.0. The molecule has 0 aliphatic rings. The SMILES string of the molecule is O=C(CNc1ccccc1)NN=Cc1cc(Br)ccc1OC(=O)c1ccccc1Cl. The molecule has 0 heterocycles. The van der Waals surface area contributed by atoms with Gasteiger partial charge in [0.05, 0.1) is 23.3 Å². The van der Waals surface area contributed by atoms with Crippen LogP contribution in [0.3, 0.4) is 0 Å². The molecule has 0 aliphatic carbocycles. The third-order valence-electron chi connectivity index (χ3n) is 3.89. The highest BCUT2D eigenvalue weighted by atomic mass is 79.9. The van der Waals surface area contributed by atoms with E-state index < -0.39 is 5.97 Å². The maximum absolute atomic E-state index is 12.4. The summed E-state index contributed by atoms with van der Waals surface area (Å²) < 4.78 is 6.23. The van der Waals surface area contributed by atoms with E-state index in [-0.39, 0.29) is 23.8 Å². The van der Waals surface area contributed by atoms with Crippen LogP contribution >= 0.6 is 27.5 Å². The zero-order chi connectivity index (χ0) is 21.3. The number of hydrogen-bond donors (Lipinski definition) is 2. The lowest BCUT2D eigenvalue weighted by atomic mass is 10.2. The average molecular weight is 487 g/mol. The predicted molar refractivity (Wildman–Crippen MR) is 121 cm³/mol.